The van der Waals surface area contributed by atoms with Gasteiger partial charge in [-0.15, -0.1) is 0 Å². The predicted molar refractivity (Wildman–Crippen MR) is 183 cm³/mol. The topological polar surface area (TPSA) is 197 Å². The minimum Gasteiger partial charge on any atom is -0.394 e. The van der Waals surface area contributed by atoms with Gasteiger partial charge in [-0.05, 0) is 92.3 Å². The molecule has 22 atom stereocenters. The van der Waals surface area contributed by atoms with Gasteiger partial charge >= 0.3 is 0 Å². The van der Waals surface area contributed by atoms with Crippen LogP contribution in [0.25, 0.3) is 0 Å². The second kappa shape index (κ2) is 13.7. The fourth-order valence-corrected chi connectivity index (χ4v) is 12.6. The van der Waals surface area contributed by atoms with Crippen molar-refractivity contribution in [2.24, 2.45) is 46.3 Å². The fraction of sp³-hybridized carbons (Fsp3) is 0.949. The summed E-state index contributed by atoms with van der Waals surface area (Å²) in [4.78, 5) is 0. The van der Waals surface area contributed by atoms with Crippen LogP contribution in [0, 0.1) is 46.3 Å². The van der Waals surface area contributed by atoms with Crippen LogP contribution >= 0.6 is 0 Å². The maximum Gasteiger partial charge on any atom is 0.187 e. The number of hydrogen-bond acceptors (Lipinski definition) is 13. The Hall–Kier alpha value is -0.780. The first-order chi connectivity index (χ1) is 24.6. The highest BCUT2D eigenvalue weighted by molar-refractivity contribution is 5.27. The first-order valence-electron chi connectivity index (χ1n) is 19.9. The van der Waals surface area contributed by atoms with Crippen molar-refractivity contribution in [3.05, 3.63) is 11.6 Å². The molecule has 0 bridgehead atoms. The Bertz CT molecular complexity index is 1340. The lowest BCUT2D eigenvalue weighted by atomic mass is 9.46. The second-order valence-electron chi connectivity index (χ2n) is 18.4. The third-order valence-corrected chi connectivity index (χ3v) is 15.6. The van der Waals surface area contributed by atoms with Crippen molar-refractivity contribution in [3.63, 3.8) is 0 Å². The van der Waals surface area contributed by atoms with Crippen molar-refractivity contribution >= 4 is 0 Å². The molecule has 8 aliphatic rings. The van der Waals surface area contributed by atoms with Crippen LogP contribution in [0.5, 0.6) is 0 Å². The van der Waals surface area contributed by atoms with E-state index in [2.05, 4.69) is 33.8 Å². The van der Waals surface area contributed by atoms with Crippen molar-refractivity contribution < 1.29 is 64.2 Å². The third kappa shape index (κ3) is 5.82. The SMILES string of the molecule is CC1CCC2(OC1)OC1CC3C4CC=C5CC(OC6OC(CO)C(O)C(O)C6OC6OC(C)C(O)C(O)C6O)C(O)CC5(C)C4CCC3(C)C1C2C. The molecule has 8 rings (SSSR count). The van der Waals surface area contributed by atoms with Crippen LogP contribution in [0.2, 0.25) is 0 Å². The van der Waals surface area contributed by atoms with Gasteiger partial charge in [-0.25, -0.2) is 0 Å². The van der Waals surface area contributed by atoms with E-state index in [9.17, 15) is 35.7 Å². The van der Waals surface area contributed by atoms with E-state index in [0.717, 1.165) is 45.1 Å². The highest BCUT2D eigenvalue weighted by Crippen LogP contribution is 2.70. The molecule has 1 spiro atoms. The minimum atomic E-state index is -1.66. The van der Waals surface area contributed by atoms with E-state index in [4.69, 9.17) is 28.4 Å². The van der Waals surface area contributed by atoms with Crippen LogP contribution in [-0.4, -0.2) is 134 Å². The molecule has 4 saturated heterocycles. The Morgan fingerprint density at radius 2 is 1.62 bits per heavy atom. The molecule has 0 aromatic rings. The fourth-order valence-electron chi connectivity index (χ4n) is 12.6. The number of aliphatic hydroxyl groups excluding tert-OH is 7. The highest BCUT2D eigenvalue weighted by atomic mass is 16.8. The molecule has 0 aromatic carbocycles. The van der Waals surface area contributed by atoms with Gasteiger partial charge in [0, 0.05) is 12.3 Å². The van der Waals surface area contributed by atoms with Crippen LogP contribution in [0.3, 0.4) is 0 Å². The van der Waals surface area contributed by atoms with Crippen LogP contribution in [0.4, 0.5) is 0 Å². The summed E-state index contributed by atoms with van der Waals surface area (Å²) in [7, 11) is 0. The molecule has 7 N–H and O–H groups in total. The smallest absolute Gasteiger partial charge is 0.187 e. The van der Waals surface area contributed by atoms with Crippen LogP contribution in [0.15, 0.2) is 11.6 Å². The maximum atomic E-state index is 11.8. The number of aliphatic hydroxyl groups is 7. The molecular weight excluding hydrogens is 676 g/mol. The molecule has 13 heteroatoms. The Morgan fingerprint density at radius 1 is 0.846 bits per heavy atom. The van der Waals surface area contributed by atoms with Gasteiger partial charge in [0.25, 0.3) is 0 Å². The molecular formula is C39H62O13. The lowest BCUT2D eigenvalue weighted by Gasteiger charge is -2.59. The molecule has 52 heavy (non-hydrogen) atoms. The highest BCUT2D eigenvalue weighted by Gasteiger charge is 2.69. The lowest BCUT2D eigenvalue weighted by molar-refractivity contribution is -0.372. The van der Waals surface area contributed by atoms with Gasteiger partial charge in [0.1, 0.15) is 42.7 Å². The van der Waals surface area contributed by atoms with E-state index in [1.54, 1.807) is 0 Å². The standard InChI is InChI=1S/C39H62O13/c1-17-8-11-39(47-16-17)18(2)28-26(52-39)13-23-21-7-6-20-12-25(24(41)14-38(20,5)22(21)9-10-37(23,28)4)49-36-34(32(45)30(43)27(15-40)50-36)51-35-33(46)31(44)29(42)19(3)48-35/h6,17-19,21-36,40-46H,7-16H2,1-5H3. The average Bonchev–Trinajstić information content (AvgIpc) is 3.56. The van der Waals surface area contributed by atoms with Gasteiger partial charge in [0.15, 0.2) is 18.4 Å². The zero-order chi connectivity index (χ0) is 37.1. The molecule has 4 aliphatic carbocycles. The van der Waals surface area contributed by atoms with Gasteiger partial charge in [-0.3, -0.25) is 0 Å². The number of hydrogen-bond donors (Lipinski definition) is 7. The van der Waals surface area contributed by atoms with Gasteiger partial charge < -0.3 is 64.2 Å². The molecule has 4 aliphatic heterocycles. The van der Waals surface area contributed by atoms with E-state index >= 15 is 0 Å². The van der Waals surface area contributed by atoms with Gasteiger partial charge in [-0.1, -0.05) is 39.3 Å². The maximum absolute atomic E-state index is 11.8. The number of ether oxygens (including phenoxy) is 6. The van der Waals surface area contributed by atoms with Crippen molar-refractivity contribution in [3.8, 4) is 0 Å². The largest absolute Gasteiger partial charge is 0.394 e. The summed E-state index contributed by atoms with van der Waals surface area (Å²) in [6.45, 7) is 11.1. The van der Waals surface area contributed by atoms with Crippen LogP contribution in [0.1, 0.15) is 86.0 Å². The number of allylic oxidation sites excluding steroid dienone is 1. The van der Waals surface area contributed by atoms with E-state index in [1.807, 2.05) is 0 Å². The zero-order valence-corrected chi connectivity index (χ0v) is 31.2. The molecule has 0 amide bonds. The Kier molecular flexibility index (Phi) is 10.0. The molecule has 0 radical (unpaired) electrons. The summed E-state index contributed by atoms with van der Waals surface area (Å²) in [6, 6.07) is 0. The van der Waals surface area contributed by atoms with E-state index in [0.29, 0.717) is 48.3 Å². The summed E-state index contributed by atoms with van der Waals surface area (Å²) in [5.41, 5.74) is 1.19. The Morgan fingerprint density at radius 3 is 2.33 bits per heavy atom. The van der Waals surface area contributed by atoms with Gasteiger partial charge in [0.2, 0.25) is 0 Å². The Balaban J connectivity index is 0.984. The van der Waals surface area contributed by atoms with Crippen molar-refractivity contribution in [1.82, 2.24) is 0 Å². The van der Waals surface area contributed by atoms with Crippen LogP contribution < -0.4 is 0 Å². The van der Waals surface area contributed by atoms with Gasteiger partial charge in [0.05, 0.1) is 37.6 Å². The number of fused-ring (bicyclic) bond motifs is 7. The summed E-state index contributed by atoms with van der Waals surface area (Å²) in [5.74, 6) is 2.37. The summed E-state index contributed by atoms with van der Waals surface area (Å²) in [5, 5.41) is 74.7. The van der Waals surface area contributed by atoms with E-state index in [-0.39, 0.29) is 16.9 Å². The molecule has 0 aromatic heterocycles. The summed E-state index contributed by atoms with van der Waals surface area (Å²) in [6.07, 6.45) is -5.90. The van der Waals surface area contributed by atoms with E-state index in [1.165, 1.54) is 12.5 Å². The lowest BCUT2D eigenvalue weighted by Crippen LogP contribution is -2.64. The molecule has 7 fully saturated rings. The normalized spacial score (nSPS) is 58.9. The quantitative estimate of drug-likeness (QED) is 0.200. The molecule has 4 heterocycles. The van der Waals surface area contributed by atoms with Crippen LogP contribution in [-0.2, 0) is 28.4 Å². The van der Waals surface area contributed by atoms with Crippen molar-refractivity contribution in [2.45, 2.75) is 171 Å². The first-order valence-corrected chi connectivity index (χ1v) is 19.9. The monoisotopic (exact) mass is 738 g/mol. The molecule has 3 saturated carbocycles. The Labute approximate surface area is 306 Å². The van der Waals surface area contributed by atoms with Crippen molar-refractivity contribution in [2.75, 3.05) is 13.2 Å². The second-order valence-corrected chi connectivity index (χ2v) is 18.4. The average molecular weight is 739 g/mol. The van der Waals surface area contributed by atoms with E-state index < -0.39 is 86.0 Å². The summed E-state index contributed by atoms with van der Waals surface area (Å²) < 4.78 is 37.3. The third-order valence-electron chi connectivity index (χ3n) is 15.6. The summed E-state index contributed by atoms with van der Waals surface area (Å²) >= 11 is 0. The number of rotatable bonds is 5. The first kappa shape index (κ1) is 38.1. The van der Waals surface area contributed by atoms with Gasteiger partial charge in [-0.2, -0.15) is 0 Å². The minimum absolute atomic E-state index is 0.172. The van der Waals surface area contributed by atoms with Crippen molar-refractivity contribution in [1.29, 1.82) is 0 Å². The molecule has 22 unspecified atom stereocenters. The predicted octanol–water partition coefficient (Wildman–Crippen LogP) is 1.36. The molecule has 296 valence electrons. The molecule has 13 nitrogen and oxygen atoms in total. The zero-order valence-electron chi connectivity index (χ0n) is 31.2.